The summed E-state index contributed by atoms with van der Waals surface area (Å²) in [4.78, 5) is 42.7. The van der Waals surface area contributed by atoms with Gasteiger partial charge in [0.25, 0.3) is 0 Å². The first kappa shape index (κ1) is 17.6. The number of unbranched alkanes of at least 4 members (excludes halogenated alkanes) is 1. The minimum absolute atomic E-state index is 0.340. The Kier molecular flexibility index (Phi) is 6.66. The van der Waals surface area contributed by atoms with E-state index in [0.29, 0.717) is 13.1 Å². The molecule has 4 amide bonds. The van der Waals surface area contributed by atoms with Gasteiger partial charge in [0.05, 0.1) is 13.1 Å². The molecule has 2 aliphatic rings. The van der Waals surface area contributed by atoms with Crippen molar-refractivity contribution in [1.82, 2.24) is 10.2 Å². The first-order valence-electron chi connectivity index (χ1n) is 8.45. The molecule has 2 rings (SSSR count). The summed E-state index contributed by atoms with van der Waals surface area (Å²) < 4.78 is 0. The van der Waals surface area contributed by atoms with Crippen LogP contribution < -0.4 is 15.5 Å². The van der Waals surface area contributed by atoms with E-state index < -0.39 is 23.8 Å². The molecule has 8 nitrogen and oxygen atoms in total. The van der Waals surface area contributed by atoms with Gasteiger partial charge < -0.3 is 10.2 Å². The molecule has 0 radical (unpaired) electrons. The lowest BCUT2D eigenvalue weighted by atomic mass is 10.1. The Labute approximate surface area is 136 Å². The number of nitrogens with one attached hydrogen (secondary N) is 2. The van der Waals surface area contributed by atoms with Gasteiger partial charge in [-0.25, -0.2) is 4.79 Å². The van der Waals surface area contributed by atoms with Gasteiger partial charge in [-0.3, -0.25) is 24.8 Å². The van der Waals surface area contributed by atoms with Crippen molar-refractivity contribution in [3.63, 3.8) is 0 Å². The number of amides is 4. The molecule has 2 saturated heterocycles. The molecule has 0 spiro atoms. The van der Waals surface area contributed by atoms with Crippen LogP contribution >= 0.6 is 0 Å². The zero-order valence-electron chi connectivity index (χ0n) is 13.7. The van der Waals surface area contributed by atoms with Gasteiger partial charge in [-0.05, 0) is 6.42 Å². The van der Waals surface area contributed by atoms with Crippen molar-refractivity contribution < 1.29 is 24.6 Å². The molecule has 0 unspecified atom stereocenters. The summed E-state index contributed by atoms with van der Waals surface area (Å²) in [5.41, 5.74) is 0. The van der Waals surface area contributed by atoms with E-state index in [9.17, 15) is 14.4 Å². The third kappa shape index (κ3) is 4.84. The van der Waals surface area contributed by atoms with Crippen LogP contribution in [0.2, 0.25) is 0 Å². The number of piperazine rings is 1. The number of carbonyl (C=O) groups excluding carboxylic acids is 3. The van der Waals surface area contributed by atoms with E-state index in [1.54, 1.807) is 0 Å². The quantitative estimate of drug-likeness (QED) is 0.344. The van der Waals surface area contributed by atoms with Crippen LogP contribution in [0.3, 0.4) is 0 Å². The first-order chi connectivity index (χ1) is 11.1. The molecule has 1 atom stereocenters. The van der Waals surface area contributed by atoms with Crippen LogP contribution in [0.4, 0.5) is 4.79 Å². The number of imide groups is 2. The molecule has 0 bridgehead atoms. The minimum Gasteiger partial charge on any atom is -0.337 e. The summed E-state index contributed by atoms with van der Waals surface area (Å²) in [7, 11) is 0. The van der Waals surface area contributed by atoms with Gasteiger partial charge in [-0.15, -0.1) is 0 Å². The third-order valence-electron chi connectivity index (χ3n) is 4.28. The molecule has 23 heavy (non-hydrogen) atoms. The number of carbonyl (C=O) groups is 3. The van der Waals surface area contributed by atoms with Gasteiger partial charge >= 0.3 is 6.03 Å². The second-order valence-electron chi connectivity index (χ2n) is 6.04. The Balaban J connectivity index is 1.86. The Morgan fingerprint density at radius 2 is 2.09 bits per heavy atom. The van der Waals surface area contributed by atoms with Crippen molar-refractivity contribution in [2.75, 3.05) is 45.8 Å². The molecule has 2 heterocycles. The number of nitrogens with zero attached hydrogens (tertiary/aromatic N) is 2. The third-order valence-corrected chi connectivity index (χ3v) is 4.28. The van der Waals surface area contributed by atoms with Crippen LogP contribution in [0.15, 0.2) is 4.99 Å². The summed E-state index contributed by atoms with van der Waals surface area (Å²) in [5.74, 6) is -2.01. The van der Waals surface area contributed by atoms with Crippen LogP contribution in [0.25, 0.3) is 0 Å². The first-order valence-corrected chi connectivity index (χ1v) is 8.45. The number of aliphatic imine (C=N–C) groups is 1. The second-order valence-corrected chi connectivity index (χ2v) is 6.04. The van der Waals surface area contributed by atoms with Gasteiger partial charge in [0.1, 0.15) is 26.2 Å². The zero-order valence-corrected chi connectivity index (χ0v) is 13.7. The maximum atomic E-state index is 12.3. The highest BCUT2D eigenvalue weighted by molar-refractivity contribution is 6.23. The fourth-order valence-corrected chi connectivity index (χ4v) is 2.82. The van der Waals surface area contributed by atoms with Crippen molar-refractivity contribution in [2.24, 2.45) is 10.9 Å². The highest BCUT2D eigenvalue weighted by Crippen LogP contribution is 2.10. The van der Waals surface area contributed by atoms with Crippen LogP contribution in [0.1, 0.15) is 19.8 Å². The summed E-state index contributed by atoms with van der Waals surface area (Å²) in [6, 6.07) is -0.618. The number of rotatable bonds is 7. The fourth-order valence-electron chi connectivity index (χ4n) is 2.82. The van der Waals surface area contributed by atoms with Gasteiger partial charge in [0.2, 0.25) is 11.8 Å². The van der Waals surface area contributed by atoms with Crippen LogP contribution in [-0.4, -0.2) is 74.8 Å². The topological polar surface area (TPSA) is 99.9 Å². The number of nitrogens with two attached hydrogens (primary N) is 1. The van der Waals surface area contributed by atoms with Crippen LogP contribution in [0, 0.1) is 5.92 Å². The van der Waals surface area contributed by atoms with E-state index in [1.807, 2.05) is 6.92 Å². The van der Waals surface area contributed by atoms with Gasteiger partial charge in [0, 0.05) is 12.8 Å². The molecule has 4 N–H and O–H groups in total. The number of quaternary nitrogens is 2. The van der Waals surface area contributed by atoms with Crippen LogP contribution in [-0.2, 0) is 9.59 Å². The minimum atomic E-state index is -0.978. The predicted octanol–water partition coefficient (Wildman–Crippen LogP) is -2.99. The van der Waals surface area contributed by atoms with E-state index in [1.165, 1.54) is 11.1 Å². The van der Waals surface area contributed by atoms with Gasteiger partial charge in [-0.1, -0.05) is 13.3 Å². The van der Waals surface area contributed by atoms with E-state index in [4.69, 9.17) is 0 Å². The smallest absolute Gasteiger partial charge is 0.330 e. The summed E-state index contributed by atoms with van der Waals surface area (Å²) >= 11 is 0. The molecule has 0 aliphatic carbocycles. The summed E-state index contributed by atoms with van der Waals surface area (Å²) in [6.07, 6.45) is 3.00. The maximum Gasteiger partial charge on any atom is 0.330 e. The lowest BCUT2D eigenvalue weighted by Crippen LogP contribution is -3.20. The molecule has 2 aliphatic heterocycles. The van der Waals surface area contributed by atoms with Crippen molar-refractivity contribution in [3.05, 3.63) is 0 Å². The summed E-state index contributed by atoms with van der Waals surface area (Å²) in [5, 5.41) is 4.54. The second kappa shape index (κ2) is 8.73. The lowest BCUT2D eigenvalue weighted by molar-refractivity contribution is -0.945. The Bertz CT molecular complexity index is 474. The molecule has 2 fully saturated rings. The van der Waals surface area contributed by atoms with Gasteiger partial charge in [0.15, 0.2) is 5.92 Å². The standard InChI is InChI=1S/C15H25N5O3/c1-2-3-7-20-14(22)12(13(21)18-15(20)23)11-17-6-10-19-8-4-16-5-9-19/h11-12,16H,2-10H2,1H3,(H,18,21,23)/p+2/t12-/m1/s1. The molecule has 0 aromatic heterocycles. The Hall–Kier alpha value is -1.80. The van der Waals surface area contributed by atoms with Crippen molar-refractivity contribution in [2.45, 2.75) is 19.8 Å². The molecular formula is C15H27N5O3+2. The largest absolute Gasteiger partial charge is 0.337 e. The summed E-state index contributed by atoms with van der Waals surface area (Å²) in [6.45, 7) is 8.34. The molecule has 0 aromatic carbocycles. The SMILES string of the molecule is CCCCN1C(=O)NC(=O)[C@@H](C=NCC[NH+]2CC[NH2+]CC2)C1=O. The van der Waals surface area contributed by atoms with E-state index >= 15 is 0 Å². The number of urea groups is 1. The zero-order chi connectivity index (χ0) is 16.7. The fraction of sp³-hybridized carbons (Fsp3) is 0.733. The predicted molar refractivity (Wildman–Crippen MR) is 84.2 cm³/mol. The van der Waals surface area contributed by atoms with Crippen molar-refractivity contribution >= 4 is 24.1 Å². The highest BCUT2D eigenvalue weighted by atomic mass is 16.2. The highest BCUT2D eigenvalue weighted by Gasteiger charge is 2.38. The molecule has 128 valence electrons. The Morgan fingerprint density at radius 1 is 1.35 bits per heavy atom. The average Bonchev–Trinajstić information content (AvgIpc) is 2.54. The normalized spacial score (nSPS) is 23.6. The molecule has 0 aromatic rings. The van der Waals surface area contributed by atoms with E-state index in [0.717, 1.165) is 50.5 Å². The number of hydrogen-bond donors (Lipinski definition) is 3. The average molecular weight is 325 g/mol. The van der Waals surface area contributed by atoms with E-state index in [2.05, 4.69) is 15.6 Å². The number of barbiturate groups is 1. The van der Waals surface area contributed by atoms with E-state index in [-0.39, 0.29) is 0 Å². The molecule has 0 saturated carbocycles. The van der Waals surface area contributed by atoms with Crippen molar-refractivity contribution in [3.8, 4) is 0 Å². The van der Waals surface area contributed by atoms with Crippen molar-refractivity contribution in [1.29, 1.82) is 0 Å². The molecular weight excluding hydrogens is 298 g/mol. The maximum absolute atomic E-state index is 12.3. The number of hydrogen-bond acceptors (Lipinski definition) is 4. The van der Waals surface area contributed by atoms with Crippen LogP contribution in [0.5, 0.6) is 0 Å². The monoisotopic (exact) mass is 325 g/mol. The molecule has 8 heteroatoms. The Morgan fingerprint density at radius 3 is 2.78 bits per heavy atom. The lowest BCUT2D eigenvalue weighted by Gasteiger charge is -2.28. The van der Waals surface area contributed by atoms with Gasteiger partial charge in [-0.2, -0.15) is 0 Å².